The number of aliphatic hydroxyl groups excluding tert-OH is 1. The van der Waals surface area contributed by atoms with Crippen LogP contribution in [0.15, 0.2) is 59.1 Å². The molecular formula is C21H21ClN2O3. The third-order valence-electron chi connectivity index (χ3n) is 4.18. The standard InChI is InChI=1S/C21H21ClN2O3/c1-14-5-7-15(8-6-14)19-13-24-21(27-19)10-9-20(26)23-12-18(25)16-3-2-4-17(22)11-16/h2-8,11,13,18,25H,9-10,12H2,1H3,(H,23,26)/t18-/m1/s1. The summed E-state index contributed by atoms with van der Waals surface area (Å²) in [5, 5.41) is 13.4. The van der Waals surface area contributed by atoms with E-state index in [0.717, 1.165) is 5.56 Å². The van der Waals surface area contributed by atoms with Crippen LogP contribution in [0, 0.1) is 6.92 Å². The summed E-state index contributed by atoms with van der Waals surface area (Å²) in [6.07, 6.45) is 1.49. The minimum Gasteiger partial charge on any atom is -0.441 e. The van der Waals surface area contributed by atoms with Crippen LogP contribution < -0.4 is 5.32 Å². The third kappa shape index (κ3) is 5.42. The SMILES string of the molecule is Cc1ccc(-c2cnc(CCC(=O)NC[C@@H](O)c3cccc(Cl)c3)o2)cc1. The summed E-state index contributed by atoms with van der Waals surface area (Å²) in [5.41, 5.74) is 2.79. The molecule has 0 radical (unpaired) electrons. The number of benzene rings is 2. The van der Waals surface area contributed by atoms with Crippen LogP contribution in [0.4, 0.5) is 0 Å². The molecule has 1 aromatic heterocycles. The van der Waals surface area contributed by atoms with E-state index in [4.69, 9.17) is 16.0 Å². The summed E-state index contributed by atoms with van der Waals surface area (Å²) in [7, 11) is 0. The maximum Gasteiger partial charge on any atom is 0.220 e. The van der Waals surface area contributed by atoms with Gasteiger partial charge in [0.1, 0.15) is 0 Å². The lowest BCUT2D eigenvalue weighted by molar-refractivity contribution is -0.121. The van der Waals surface area contributed by atoms with Gasteiger partial charge in [0, 0.05) is 30.0 Å². The van der Waals surface area contributed by atoms with E-state index in [1.165, 1.54) is 5.56 Å². The zero-order valence-electron chi connectivity index (χ0n) is 15.0. The molecule has 0 saturated heterocycles. The molecule has 2 aromatic carbocycles. The van der Waals surface area contributed by atoms with Gasteiger partial charge in [-0.3, -0.25) is 4.79 Å². The van der Waals surface area contributed by atoms with Crippen LogP contribution in [-0.2, 0) is 11.2 Å². The van der Waals surface area contributed by atoms with Crippen molar-refractivity contribution in [3.8, 4) is 11.3 Å². The molecule has 140 valence electrons. The van der Waals surface area contributed by atoms with E-state index in [1.54, 1.807) is 30.5 Å². The van der Waals surface area contributed by atoms with E-state index in [9.17, 15) is 9.90 Å². The number of amides is 1. The Kier molecular flexibility index (Phi) is 6.27. The Morgan fingerprint density at radius 1 is 1.26 bits per heavy atom. The van der Waals surface area contributed by atoms with Crippen molar-refractivity contribution in [1.29, 1.82) is 0 Å². The summed E-state index contributed by atoms with van der Waals surface area (Å²) in [4.78, 5) is 16.2. The fourth-order valence-electron chi connectivity index (χ4n) is 2.63. The second kappa shape index (κ2) is 8.84. The van der Waals surface area contributed by atoms with Crippen LogP contribution in [0.5, 0.6) is 0 Å². The zero-order chi connectivity index (χ0) is 19.2. The predicted octanol–water partition coefficient (Wildman–Crippen LogP) is 4.09. The molecule has 0 aliphatic carbocycles. The molecule has 2 N–H and O–H groups in total. The Labute approximate surface area is 163 Å². The van der Waals surface area contributed by atoms with Gasteiger partial charge in [0.05, 0.1) is 12.3 Å². The van der Waals surface area contributed by atoms with Crippen LogP contribution in [-0.4, -0.2) is 22.5 Å². The van der Waals surface area contributed by atoms with Crippen molar-refractivity contribution in [1.82, 2.24) is 10.3 Å². The van der Waals surface area contributed by atoms with Gasteiger partial charge in [-0.1, -0.05) is 53.6 Å². The van der Waals surface area contributed by atoms with Crippen LogP contribution in [0.25, 0.3) is 11.3 Å². The van der Waals surface area contributed by atoms with E-state index >= 15 is 0 Å². The molecule has 0 unspecified atom stereocenters. The molecule has 3 aromatic rings. The lowest BCUT2D eigenvalue weighted by Gasteiger charge is -2.12. The number of oxazole rings is 1. The topological polar surface area (TPSA) is 75.4 Å². The summed E-state index contributed by atoms with van der Waals surface area (Å²) < 4.78 is 5.71. The van der Waals surface area contributed by atoms with Crippen molar-refractivity contribution < 1.29 is 14.3 Å². The lowest BCUT2D eigenvalue weighted by Crippen LogP contribution is -2.28. The first-order chi connectivity index (χ1) is 13.0. The third-order valence-corrected chi connectivity index (χ3v) is 4.42. The van der Waals surface area contributed by atoms with E-state index < -0.39 is 6.10 Å². The van der Waals surface area contributed by atoms with Crippen LogP contribution >= 0.6 is 11.6 Å². The first kappa shape index (κ1) is 19.1. The molecular weight excluding hydrogens is 364 g/mol. The molecule has 0 spiro atoms. The molecule has 6 heteroatoms. The molecule has 0 bridgehead atoms. The molecule has 0 aliphatic rings. The summed E-state index contributed by atoms with van der Waals surface area (Å²) >= 11 is 5.91. The number of aryl methyl sites for hydroxylation is 2. The van der Waals surface area contributed by atoms with Crippen molar-refractivity contribution in [3.63, 3.8) is 0 Å². The van der Waals surface area contributed by atoms with Crippen molar-refractivity contribution >= 4 is 17.5 Å². The zero-order valence-corrected chi connectivity index (χ0v) is 15.7. The predicted molar refractivity (Wildman–Crippen MR) is 104 cm³/mol. The number of halogens is 1. The van der Waals surface area contributed by atoms with Gasteiger partial charge in [0.25, 0.3) is 0 Å². The molecule has 1 atom stereocenters. The number of hydrogen-bond donors (Lipinski definition) is 2. The van der Waals surface area contributed by atoms with Crippen LogP contribution in [0.3, 0.4) is 0 Å². The number of nitrogens with zero attached hydrogens (tertiary/aromatic N) is 1. The summed E-state index contributed by atoms with van der Waals surface area (Å²) in [6, 6.07) is 14.9. The van der Waals surface area contributed by atoms with E-state index in [-0.39, 0.29) is 18.9 Å². The van der Waals surface area contributed by atoms with Gasteiger partial charge in [-0.2, -0.15) is 0 Å². The van der Waals surface area contributed by atoms with Gasteiger partial charge < -0.3 is 14.8 Å². The minimum absolute atomic E-state index is 0.124. The minimum atomic E-state index is -0.803. The summed E-state index contributed by atoms with van der Waals surface area (Å²) in [6.45, 7) is 2.15. The van der Waals surface area contributed by atoms with Gasteiger partial charge in [-0.25, -0.2) is 4.98 Å². The molecule has 1 heterocycles. The Balaban J connectivity index is 1.47. The maximum atomic E-state index is 12.0. The molecule has 3 rings (SSSR count). The number of aliphatic hydroxyl groups is 1. The second-order valence-electron chi connectivity index (χ2n) is 6.36. The average Bonchev–Trinajstić information content (AvgIpc) is 3.14. The Hall–Kier alpha value is -2.63. The van der Waals surface area contributed by atoms with Crippen molar-refractivity contribution in [2.75, 3.05) is 6.54 Å². The van der Waals surface area contributed by atoms with Crippen molar-refractivity contribution in [3.05, 3.63) is 76.8 Å². The van der Waals surface area contributed by atoms with E-state index in [2.05, 4.69) is 10.3 Å². The number of carbonyl (C=O) groups is 1. The molecule has 1 amide bonds. The van der Waals surface area contributed by atoms with E-state index in [1.807, 2.05) is 31.2 Å². The normalized spacial score (nSPS) is 12.0. The molecule has 27 heavy (non-hydrogen) atoms. The number of carbonyl (C=O) groups excluding carboxylic acids is 1. The smallest absolute Gasteiger partial charge is 0.220 e. The highest BCUT2D eigenvalue weighted by molar-refractivity contribution is 6.30. The fourth-order valence-corrected chi connectivity index (χ4v) is 2.83. The molecule has 5 nitrogen and oxygen atoms in total. The first-order valence-corrected chi connectivity index (χ1v) is 9.11. The lowest BCUT2D eigenvalue weighted by atomic mass is 10.1. The van der Waals surface area contributed by atoms with Gasteiger partial charge in [0.2, 0.25) is 5.91 Å². The number of nitrogens with one attached hydrogen (secondary N) is 1. The Morgan fingerprint density at radius 2 is 2.04 bits per heavy atom. The molecule has 0 saturated carbocycles. The van der Waals surface area contributed by atoms with Gasteiger partial charge >= 0.3 is 0 Å². The highest BCUT2D eigenvalue weighted by atomic mass is 35.5. The van der Waals surface area contributed by atoms with Crippen LogP contribution in [0.1, 0.15) is 29.5 Å². The maximum absolute atomic E-state index is 12.0. The monoisotopic (exact) mass is 384 g/mol. The first-order valence-electron chi connectivity index (χ1n) is 8.73. The second-order valence-corrected chi connectivity index (χ2v) is 6.80. The number of aromatic nitrogens is 1. The van der Waals surface area contributed by atoms with Crippen LogP contribution in [0.2, 0.25) is 5.02 Å². The van der Waals surface area contributed by atoms with Crippen molar-refractivity contribution in [2.24, 2.45) is 0 Å². The molecule has 0 fully saturated rings. The largest absolute Gasteiger partial charge is 0.441 e. The number of rotatable bonds is 7. The van der Waals surface area contributed by atoms with Crippen molar-refractivity contribution in [2.45, 2.75) is 25.9 Å². The van der Waals surface area contributed by atoms with Gasteiger partial charge in [-0.15, -0.1) is 0 Å². The summed E-state index contributed by atoms with van der Waals surface area (Å²) in [5.74, 6) is 1.02. The molecule has 0 aliphatic heterocycles. The number of hydrogen-bond acceptors (Lipinski definition) is 4. The Morgan fingerprint density at radius 3 is 2.78 bits per heavy atom. The quantitative estimate of drug-likeness (QED) is 0.643. The fraction of sp³-hybridized carbons (Fsp3) is 0.238. The van der Waals surface area contributed by atoms with E-state index in [0.29, 0.717) is 28.7 Å². The van der Waals surface area contributed by atoms with Gasteiger partial charge in [0.15, 0.2) is 11.7 Å². The highest BCUT2D eigenvalue weighted by Gasteiger charge is 2.12. The van der Waals surface area contributed by atoms with Gasteiger partial charge in [-0.05, 0) is 24.6 Å². The highest BCUT2D eigenvalue weighted by Crippen LogP contribution is 2.21. The Bertz CT molecular complexity index is 906. The average molecular weight is 385 g/mol.